The lowest BCUT2D eigenvalue weighted by molar-refractivity contribution is -0.136. The van der Waals surface area contributed by atoms with E-state index in [0.717, 1.165) is 26.7 Å². The number of hydrogen-bond donors (Lipinski definition) is 1. The lowest BCUT2D eigenvalue weighted by atomic mass is 9.87. The Balaban J connectivity index is 1.69. The number of rotatable bonds is 6. The molecule has 4 rings (SSSR count). The number of carbonyl (C=O) groups is 2. The van der Waals surface area contributed by atoms with E-state index in [-0.39, 0.29) is 12.2 Å². The van der Waals surface area contributed by atoms with Crippen molar-refractivity contribution in [1.82, 2.24) is 0 Å². The summed E-state index contributed by atoms with van der Waals surface area (Å²) < 4.78 is 0.745. The molecule has 3 aromatic carbocycles. The van der Waals surface area contributed by atoms with Crippen LogP contribution in [0, 0.1) is 13.8 Å². The summed E-state index contributed by atoms with van der Waals surface area (Å²) >= 11 is 3.45. The Bertz CT molecular complexity index is 1230. The van der Waals surface area contributed by atoms with Crippen LogP contribution in [0.1, 0.15) is 64.4 Å². The molecule has 4 nitrogen and oxygen atoms in total. The zero-order valence-electron chi connectivity index (χ0n) is 19.4. The van der Waals surface area contributed by atoms with Crippen LogP contribution >= 0.6 is 15.9 Å². The molecule has 1 aliphatic heterocycles. The number of Topliss-reactive ketones (excluding diaryl/α,β-unsaturated/α-hetero) is 1. The van der Waals surface area contributed by atoms with Crippen LogP contribution in [0.25, 0.3) is 0 Å². The smallest absolute Gasteiger partial charge is 0.264 e. The third-order valence-electron chi connectivity index (χ3n) is 6.44. The number of aliphatic hydroxyl groups is 1. The van der Waals surface area contributed by atoms with E-state index in [9.17, 15) is 14.7 Å². The molecule has 1 heterocycles. The number of aryl methyl sites for hydroxylation is 2. The summed E-state index contributed by atoms with van der Waals surface area (Å²) in [6.45, 7) is 8.54. The maximum Gasteiger partial charge on any atom is 0.264 e. The van der Waals surface area contributed by atoms with Crippen LogP contribution in [0.15, 0.2) is 65.1 Å². The van der Waals surface area contributed by atoms with Gasteiger partial charge in [-0.3, -0.25) is 9.59 Å². The Kier molecular flexibility index (Phi) is 6.30. The SMILES string of the molecule is Cc1ccc(C)c(CN2C(=O)[C@](O)(CC(=O)c3ccc(C(C)C)cc3)c3cc(Br)ccc32)c1. The normalized spacial score (nSPS) is 17.5. The molecule has 0 saturated heterocycles. The Hall–Kier alpha value is -2.76. The summed E-state index contributed by atoms with van der Waals surface area (Å²) in [5.74, 6) is -0.373. The average Bonchev–Trinajstić information content (AvgIpc) is 2.97. The predicted octanol–water partition coefficient (Wildman–Crippen LogP) is 6.20. The largest absolute Gasteiger partial charge is 0.375 e. The van der Waals surface area contributed by atoms with Crippen molar-refractivity contribution >= 4 is 33.3 Å². The zero-order valence-corrected chi connectivity index (χ0v) is 20.9. The fourth-order valence-corrected chi connectivity index (χ4v) is 4.74. The van der Waals surface area contributed by atoms with Gasteiger partial charge in [0.05, 0.1) is 18.7 Å². The van der Waals surface area contributed by atoms with Crippen LogP contribution in [0.4, 0.5) is 5.69 Å². The highest BCUT2D eigenvalue weighted by Gasteiger charge is 2.51. The summed E-state index contributed by atoms with van der Waals surface area (Å²) in [5.41, 5.74) is 4.00. The summed E-state index contributed by atoms with van der Waals surface area (Å²) in [4.78, 5) is 28.4. The minimum atomic E-state index is -1.91. The Morgan fingerprint density at radius 2 is 1.73 bits per heavy atom. The van der Waals surface area contributed by atoms with Crippen molar-refractivity contribution in [1.29, 1.82) is 0 Å². The van der Waals surface area contributed by atoms with Gasteiger partial charge < -0.3 is 10.0 Å². The maximum absolute atomic E-state index is 13.6. The lowest BCUT2D eigenvalue weighted by Gasteiger charge is -2.23. The first-order chi connectivity index (χ1) is 15.6. The second-order valence-corrected chi connectivity index (χ2v) is 10.1. The average molecular weight is 506 g/mol. The molecule has 0 spiro atoms. The number of ketones is 1. The van der Waals surface area contributed by atoms with Crippen LogP contribution in [0.2, 0.25) is 0 Å². The van der Waals surface area contributed by atoms with Crippen molar-refractivity contribution in [2.45, 2.75) is 52.2 Å². The Labute approximate surface area is 203 Å². The van der Waals surface area contributed by atoms with Crippen molar-refractivity contribution < 1.29 is 14.7 Å². The van der Waals surface area contributed by atoms with Crippen molar-refractivity contribution in [3.05, 3.63) is 98.5 Å². The van der Waals surface area contributed by atoms with E-state index in [4.69, 9.17) is 0 Å². The molecule has 0 radical (unpaired) electrons. The molecule has 5 heteroatoms. The molecule has 0 bridgehead atoms. The first kappa shape index (κ1) is 23.4. The number of nitrogens with zero attached hydrogens (tertiary/aromatic N) is 1. The van der Waals surface area contributed by atoms with Gasteiger partial charge in [-0.15, -0.1) is 0 Å². The molecule has 33 heavy (non-hydrogen) atoms. The van der Waals surface area contributed by atoms with E-state index >= 15 is 0 Å². The van der Waals surface area contributed by atoms with Crippen molar-refractivity contribution in [2.24, 2.45) is 0 Å². The molecular weight excluding hydrogens is 478 g/mol. The van der Waals surface area contributed by atoms with Crippen LogP contribution in [0.3, 0.4) is 0 Å². The standard InChI is InChI=1S/C28H28BrNO3/c1-17(2)20-7-9-21(10-8-20)26(31)15-28(33)24-14-23(29)11-12-25(24)30(27(28)32)16-22-13-18(3)5-6-19(22)4/h5-14,17,33H,15-16H2,1-4H3/t28-/m0/s1. The van der Waals surface area contributed by atoms with E-state index in [0.29, 0.717) is 29.3 Å². The molecule has 1 aliphatic rings. The third-order valence-corrected chi connectivity index (χ3v) is 6.94. The van der Waals surface area contributed by atoms with E-state index in [1.165, 1.54) is 0 Å². The molecule has 1 atom stereocenters. The lowest BCUT2D eigenvalue weighted by Crippen LogP contribution is -2.41. The number of halogens is 1. The van der Waals surface area contributed by atoms with Crippen LogP contribution in [-0.2, 0) is 16.9 Å². The van der Waals surface area contributed by atoms with Crippen molar-refractivity contribution in [3.63, 3.8) is 0 Å². The molecule has 0 aliphatic carbocycles. The van der Waals surface area contributed by atoms with Gasteiger partial charge in [0.15, 0.2) is 11.4 Å². The number of carbonyl (C=O) groups excluding carboxylic acids is 2. The minimum Gasteiger partial charge on any atom is -0.375 e. The second kappa shape index (κ2) is 8.88. The first-order valence-electron chi connectivity index (χ1n) is 11.1. The number of fused-ring (bicyclic) bond motifs is 1. The quantitative estimate of drug-likeness (QED) is 0.406. The molecule has 3 aromatic rings. The zero-order chi connectivity index (χ0) is 23.9. The highest BCUT2D eigenvalue weighted by molar-refractivity contribution is 9.10. The first-order valence-corrected chi connectivity index (χ1v) is 11.9. The van der Waals surface area contributed by atoms with Crippen LogP contribution < -0.4 is 4.90 Å². The van der Waals surface area contributed by atoms with Gasteiger partial charge in [0.1, 0.15) is 0 Å². The van der Waals surface area contributed by atoms with Crippen molar-refractivity contribution in [2.75, 3.05) is 4.90 Å². The summed E-state index contributed by atoms with van der Waals surface area (Å²) in [6.07, 6.45) is -0.306. The molecular formula is C28H28BrNO3. The monoisotopic (exact) mass is 505 g/mol. The van der Waals surface area contributed by atoms with Gasteiger partial charge in [-0.2, -0.15) is 0 Å². The highest BCUT2D eigenvalue weighted by Crippen LogP contribution is 2.45. The third kappa shape index (κ3) is 4.40. The van der Waals surface area contributed by atoms with Crippen molar-refractivity contribution in [3.8, 4) is 0 Å². The summed E-state index contributed by atoms with van der Waals surface area (Å²) in [5, 5.41) is 11.7. The fraction of sp³-hybridized carbons (Fsp3) is 0.286. The Morgan fingerprint density at radius 3 is 2.39 bits per heavy atom. The maximum atomic E-state index is 13.6. The van der Waals surface area contributed by atoms with Gasteiger partial charge in [-0.1, -0.05) is 77.8 Å². The molecule has 170 valence electrons. The van der Waals surface area contributed by atoms with E-state index in [1.807, 2.05) is 50.2 Å². The van der Waals surface area contributed by atoms with E-state index in [1.54, 1.807) is 23.1 Å². The predicted molar refractivity (Wildman–Crippen MR) is 135 cm³/mol. The molecule has 1 N–H and O–H groups in total. The van der Waals surface area contributed by atoms with Crippen LogP contribution in [0.5, 0.6) is 0 Å². The number of amides is 1. The van der Waals surface area contributed by atoms with Gasteiger partial charge in [-0.05, 0) is 54.7 Å². The minimum absolute atomic E-state index is 0.263. The molecule has 0 saturated carbocycles. The Morgan fingerprint density at radius 1 is 1.03 bits per heavy atom. The number of hydrogen-bond acceptors (Lipinski definition) is 3. The van der Waals surface area contributed by atoms with E-state index < -0.39 is 11.5 Å². The topological polar surface area (TPSA) is 57.6 Å². The molecule has 0 unspecified atom stereocenters. The van der Waals surface area contributed by atoms with Gasteiger partial charge in [0.25, 0.3) is 5.91 Å². The van der Waals surface area contributed by atoms with Gasteiger partial charge >= 0.3 is 0 Å². The number of benzene rings is 3. The molecule has 0 aromatic heterocycles. The second-order valence-electron chi connectivity index (χ2n) is 9.22. The number of anilines is 1. The molecule has 1 amide bonds. The molecule has 0 fully saturated rings. The van der Waals surface area contributed by atoms with Gasteiger partial charge in [0, 0.05) is 15.6 Å². The highest BCUT2D eigenvalue weighted by atomic mass is 79.9. The fourth-order valence-electron chi connectivity index (χ4n) is 4.38. The van der Waals surface area contributed by atoms with Crippen LogP contribution in [-0.4, -0.2) is 16.8 Å². The van der Waals surface area contributed by atoms with Gasteiger partial charge in [-0.25, -0.2) is 0 Å². The van der Waals surface area contributed by atoms with Gasteiger partial charge in [0.2, 0.25) is 0 Å². The summed E-state index contributed by atoms with van der Waals surface area (Å²) in [7, 11) is 0. The summed E-state index contributed by atoms with van der Waals surface area (Å²) in [6, 6.07) is 18.9. The van der Waals surface area contributed by atoms with E-state index in [2.05, 4.69) is 35.8 Å².